The van der Waals surface area contributed by atoms with Crippen molar-refractivity contribution in [3.63, 3.8) is 0 Å². The van der Waals surface area contributed by atoms with Crippen molar-refractivity contribution in [2.75, 3.05) is 33.0 Å². The summed E-state index contributed by atoms with van der Waals surface area (Å²) in [7, 11) is 0. The molecular formula is C48H82O14. The van der Waals surface area contributed by atoms with Gasteiger partial charge in [0.1, 0.15) is 54.9 Å². The Morgan fingerprint density at radius 1 is 0.532 bits per heavy atom. The second-order valence-corrected chi connectivity index (χ2v) is 16.2. The van der Waals surface area contributed by atoms with E-state index < -0.39 is 86.7 Å². The number of aliphatic hydroxyl groups is 7. The first-order chi connectivity index (χ1) is 30.1. The standard InChI is InChI=1S/C48H82O14/c1-3-5-7-9-11-13-15-17-18-19-21-23-25-27-29-31-40(50)60-37(34-57-32-30-28-26-24-22-20-16-14-12-10-8-6-4-2)35-58-47-46(56)44(54)42(52)39(62-47)36-59-48-45(55)43(53)41(51)38(33-49)61-48/h5,7,11,13,17-18,21,23,27,29,37-39,41-49,51-56H,3-4,6,8-10,12,14-16,19-20,22,24-26,28,30-36H2,1-2H3/b7-5-,13-11-,18-17-,23-21-,29-27-. The molecule has 0 aromatic heterocycles. The monoisotopic (exact) mass is 883 g/mol. The van der Waals surface area contributed by atoms with Gasteiger partial charge in [0.15, 0.2) is 12.6 Å². The molecule has 2 saturated heterocycles. The summed E-state index contributed by atoms with van der Waals surface area (Å²) in [6.07, 6.45) is 24.6. The largest absolute Gasteiger partial charge is 0.457 e. The van der Waals surface area contributed by atoms with Crippen LogP contribution in [0.1, 0.15) is 136 Å². The third-order valence-electron chi connectivity index (χ3n) is 10.8. The fourth-order valence-corrected chi connectivity index (χ4v) is 7.01. The number of hydrogen-bond acceptors (Lipinski definition) is 14. The summed E-state index contributed by atoms with van der Waals surface area (Å²) in [6.45, 7) is 3.42. The van der Waals surface area contributed by atoms with E-state index in [0.717, 1.165) is 44.9 Å². The topological polar surface area (TPSA) is 214 Å². The average molecular weight is 883 g/mol. The van der Waals surface area contributed by atoms with E-state index in [-0.39, 0.29) is 19.6 Å². The second-order valence-electron chi connectivity index (χ2n) is 16.2. The van der Waals surface area contributed by atoms with Crippen molar-refractivity contribution in [1.82, 2.24) is 0 Å². The Morgan fingerprint density at radius 3 is 1.50 bits per heavy atom. The van der Waals surface area contributed by atoms with Crippen LogP contribution in [0.3, 0.4) is 0 Å². The van der Waals surface area contributed by atoms with Crippen LogP contribution in [0.15, 0.2) is 60.8 Å². The zero-order chi connectivity index (χ0) is 45.2. The summed E-state index contributed by atoms with van der Waals surface area (Å²) in [4.78, 5) is 12.9. The zero-order valence-corrected chi connectivity index (χ0v) is 37.6. The van der Waals surface area contributed by atoms with Gasteiger partial charge in [0.05, 0.1) is 32.8 Å². The first kappa shape index (κ1) is 55.8. The molecule has 358 valence electrons. The fourth-order valence-electron chi connectivity index (χ4n) is 7.01. The number of ether oxygens (including phenoxy) is 6. The van der Waals surface area contributed by atoms with Gasteiger partial charge in [0, 0.05) is 6.61 Å². The summed E-state index contributed by atoms with van der Waals surface area (Å²) < 4.78 is 34.0. The van der Waals surface area contributed by atoms with Gasteiger partial charge in [0.25, 0.3) is 0 Å². The molecule has 0 saturated carbocycles. The third kappa shape index (κ3) is 24.1. The van der Waals surface area contributed by atoms with Crippen molar-refractivity contribution in [1.29, 1.82) is 0 Å². The summed E-state index contributed by atoms with van der Waals surface area (Å²) in [5.41, 5.74) is 0. The highest BCUT2D eigenvalue weighted by Crippen LogP contribution is 2.26. The Kier molecular flexibility index (Phi) is 32.4. The van der Waals surface area contributed by atoms with Gasteiger partial charge < -0.3 is 64.2 Å². The Morgan fingerprint density at radius 2 is 0.984 bits per heavy atom. The van der Waals surface area contributed by atoms with E-state index in [1.54, 1.807) is 6.08 Å². The molecule has 11 atom stereocenters. The van der Waals surface area contributed by atoms with E-state index >= 15 is 0 Å². The van der Waals surface area contributed by atoms with E-state index in [1.165, 1.54) is 64.2 Å². The Balaban J connectivity index is 1.85. The molecule has 7 N–H and O–H groups in total. The number of carbonyl (C=O) groups is 1. The van der Waals surface area contributed by atoms with Crippen molar-refractivity contribution in [3.05, 3.63) is 60.8 Å². The van der Waals surface area contributed by atoms with Crippen LogP contribution >= 0.6 is 0 Å². The maximum Gasteiger partial charge on any atom is 0.310 e. The molecule has 2 rings (SSSR count). The van der Waals surface area contributed by atoms with Crippen molar-refractivity contribution in [2.24, 2.45) is 0 Å². The van der Waals surface area contributed by atoms with Gasteiger partial charge in [-0.25, -0.2) is 0 Å². The lowest BCUT2D eigenvalue weighted by molar-refractivity contribution is -0.332. The van der Waals surface area contributed by atoms with Gasteiger partial charge in [-0.05, 0) is 38.5 Å². The van der Waals surface area contributed by atoms with E-state index in [1.807, 2.05) is 12.2 Å². The molecular weight excluding hydrogens is 801 g/mol. The number of aliphatic hydroxyl groups excluding tert-OH is 7. The average Bonchev–Trinajstić information content (AvgIpc) is 3.27. The van der Waals surface area contributed by atoms with Crippen molar-refractivity contribution >= 4 is 5.97 Å². The smallest absolute Gasteiger partial charge is 0.310 e. The summed E-state index contributed by atoms with van der Waals surface area (Å²) in [6, 6.07) is 0. The minimum atomic E-state index is -1.72. The first-order valence-corrected chi connectivity index (χ1v) is 23.4. The predicted octanol–water partition coefficient (Wildman–Crippen LogP) is 5.79. The van der Waals surface area contributed by atoms with E-state index in [2.05, 4.69) is 56.4 Å². The Labute approximate surface area is 371 Å². The predicted molar refractivity (Wildman–Crippen MR) is 238 cm³/mol. The lowest BCUT2D eigenvalue weighted by Gasteiger charge is -2.42. The maximum absolute atomic E-state index is 12.9. The number of rotatable bonds is 35. The Hall–Kier alpha value is -2.31. The van der Waals surface area contributed by atoms with Crippen molar-refractivity contribution in [2.45, 2.75) is 203 Å². The summed E-state index contributed by atoms with van der Waals surface area (Å²) in [5, 5.41) is 71.9. The molecule has 0 aromatic rings. The van der Waals surface area contributed by atoms with Gasteiger partial charge >= 0.3 is 5.97 Å². The molecule has 2 fully saturated rings. The van der Waals surface area contributed by atoms with E-state index in [0.29, 0.717) is 13.0 Å². The molecule has 0 aliphatic carbocycles. The molecule has 2 aliphatic heterocycles. The second kappa shape index (κ2) is 36.0. The summed E-state index contributed by atoms with van der Waals surface area (Å²) in [5.74, 6) is -0.504. The molecule has 62 heavy (non-hydrogen) atoms. The van der Waals surface area contributed by atoms with Crippen LogP contribution in [0.5, 0.6) is 0 Å². The molecule has 11 unspecified atom stereocenters. The number of unbranched alkanes of at least 4 members (excludes halogenated alkanes) is 12. The molecule has 2 aliphatic rings. The van der Waals surface area contributed by atoms with Gasteiger partial charge in [-0.3, -0.25) is 4.79 Å². The summed E-state index contributed by atoms with van der Waals surface area (Å²) >= 11 is 0. The number of hydrogen-bond donors (Lipinski definition) is 7. The van der Waals surface area contributed by atoms with Crippen LogP contribution < -0.4 is 0 Å². The third-order valence-corrected chi connectivity index (χ3v) is 10.8. The number of allylic oxidation sites excluding steroid dienone is 9. The maximum atomic E-state index is 12.9. The Bertz CT molecular complexity index is 1250. The first-order valence-electron chi connectivity index (χ1n) is 23.4. The highest BCUT2D eigenvalue weighted by molar-refractivity contribution is 5.71. The van der Waals surface area contributed by atoms with Crippen LogP contribution in [0.2, 0.25) is 0 Å². The van der Waals surface area contributed by atoms with Crippen LogP contribution in [0.25, 0.3) is 0 Å². The molecule has 0 spiro atoms. The number of carbonyl (C=O) groups excluding carboxylic acids is 1. The van der Waals surface area contributed by atoms with Crippen molar-refractivity contribution < 1.29 is 69.0 Å². The van der Waals surface area contributed by atoms with E-state index in [4.69, 9.17) is 28.4 Å². The van der Waals surface area contributed by atoms with Gasteiger partial charge in [0.2, 0.25) is 0 Å². The van der Waals surface area contributed by atoms with Crippen molar-refractivity contribution in [3.8, 4) is 0 Å². The molecule has 0 bridgehead atoms. The SMILES string of the molecule is CC/C=C\C/C=C\C/C=C\C/C=C\C/C=C\CC(=O)OC(COCCCCCCCCCCCCCCC)COC1OC(COC2OC(CO)C(O)C(O)C2O)C(O)C(O)C1O. The fraction of sp³-hybridized carbons (Fsp3) is 0.771. The quantitative estimate of drug-likeness (QED) is 0.0228. The van der Waals surface area contributed by atoms with E-state index in [9.17, 15) is 40.5 Å². The van der Waals surface area contributed by atoms with Crippen LogP contribution in [-0.2, 0) is 33.2 Å². The lowest BCUT2D eigenvalue weighted by atomic mass is 9.98. The highest BCUT2D eigenvalue weighted by atomic mass is 16.7. The molecule has 0 aromatic carbocycles. The molecule has 0 radical (unpaired) electrons. The minimum Gasteiger partial charge on any atom is -0.457 e. The lowest BCUT2D eigenvalue weighted by Crippen LogP contribution is -2.61. The van der Waals surface area contributed by atoms with Crippen LogP contribution in [0, 0.1) is 0 Å². The molecule has 2 heterocycles. The normalized spacial score (nSPS) is 27.8. The number of esters is 1. The highest BCUT2D eigenvalue weighted by Gasteiger charge is 2.47. The molecule has 14 heteroatoms. The van der Waals surface area contributed by atoms with Gasteiger partial charge in [-0.15, -0.1) is 0 Å². The van der Waals surface area contributed by atoms with Gasteiger partial charge in [-0.2, -0.15) is 0 Å². The zero-order valence-electron chi connectivity index (χ0n) is 37.6. The van der Waals surface area contributed by atoms with Gasteiger partial charge in [-0.1, -0.05) is 152 Å². The minimum absolute atomic E-state index is 0.0211. The van der Waals surface area contributed by atoms with Crippen LogP contribution in [-0.4, -0.2) is 142 Å². The molecule has 14 nitrogen and oxygen atoms in total. The van der Waals surface area contributed by atoms with Crippen LogP contribution in [0.4, 0.5) is 0 Å². The molecule has 0 amide bonds.